The number of hydrogen-bond donors (Lipinski definition) is 1. The van der Waals surface area contributed by atoms with Gasteiger partial charge in [-0.3, -0.25) is 0 Å². The minimum atomic E-state index is -0.198. The first-order valence-electron chi connectivity index (χ1n) is 7.85. The molecule has 3 nitrogen and oxygen atoms in total. The van der Waals surface area contributed by atoms with Crippen molar-refractivity contribution in [3.05, 3.63) is 0 Å². The van der Waals surface area contributed by atoms with Crippen LogP contribution in [-0.2, 0) is 9.47 Å². The maximum atomic E-state index is 5.76. The lowest BCUT2D eigenvalue weighted by Crippen LogP contribution is -2.42. The first kappa shape index (κ1) is 15.6. The van der Waals surface area contributed by atoms with Crippen molar-refractivity contribution >= 4 is 11.8 Å². The molecule has 1 heterocycles. The Morgan fingerprint density at radius 1 is 1.05 bits per heavy atom. The van der Waals surface area contributed by atoms with E-state index < -0.39 is 0 Å². The van der Waals surface area contributed by atoms with E-state index in [4.69, 9.17) is 9.47 Å². The highest BCUT2D eigenvalue weighted by atomic mass is 32.2. The molecule has 0 atom stereocenters. The van der Waals surface area contributed by atoms with Crippen LogP contribution in [0.4, 0.5) is 0 Å². The van der Waals surface area contributed by atoms with Crippen molar-refractivity contribution in [1.82, 2.24) is 5.32 Å². The topological polar surface area (TPSA) is 30.5 Å². The molecule has 0 amide bonds. The Morgan fingerprint density at radius 3 is 2.42 bits per heavy atom. The molecule has 19 heavy (non-hydrogen) atoms. The molecule has 0 unspecified atom stereocenters. The zero-order valence-corrected chi connectivity index (χ0v) is 13.1. The van der Waals surface area contributed by atoms with Gasteiger partial charge in [0.15, 0.2) is 5.79 Å². The highest BCUT2D eigenvalue weighted by Crippen LogP contribution is 2.35. The lowest BCUT2D eigenvalue weighted by atomic mass is 9.90. The minimum absolute atomic E-state index is 0.198. The molecule has 4 heteroatoms. The van der Waals surface area contributed by atoms with Crippen LogP contribution in [0, 0.1) is 0 Å². The molecule has 1 N–H and O–H groups in total. The second-order valence-corrected chi connectivity index (χ2v) is 6.73. The van der Waals surface area contributed by atoms with Gasteiger partial charge in [-0.1, -0.05) is 12.8 Å². The van der Waals surface area contributed by atoms with E-state index >= 15 is 0 Å². The lowest BCUT2D eigenvalue weighted by Gasteiger charge is -2.35. The minimum Gasteiger partial charge on any atom is -0.348 e. The molecule has 1 saturated heterocycles. The number of nitrogens with one attached hydrogen (secondary N) is 1. The van der Waals surface area contributed by atoms with Crippen molar-refractivity contribution in [3.63, 3.8) is 0 Å². The van der Waals surface area contributed by atoms with Crippen molar-refractivity contribution in [1.29, 1.82) is 0 Å². The standard InChI is InChI=1S/C15H29NO2S/c1-19-13-5-3-2-4-10-16-14-6-8-15(9-7-14)17-11-12-18-15/h14,16H,2-13H2,1H3. The van der Waals surface area contributed by atoms with E-state index in [0.29, 0.717) is 6.04 Å². The van der Waals surface area contributed by atoms with Gasteiger partial charge in [-0.25, -0.2) is 0 Å². The summed E-state index contributed by atoms with van der Waals surface area (Å²) in [5, 5.41) is 3.70. The SMILES string of the molecule is CSCCCCCCNC1CCC2(CC1)OCCO2. The Balaban J connectivity index is 1.47. The summed E-state index contributed by atoms with van der Waals surface area (Å²) in [5.41, 5.74) is 0. The summed E-state index contributed by atoms with van der Waals surface area (Å²) < 4.78 is 11.5. The van der Waals surface area contributed by atoms with Crippen LogP contribution in [0.3, 0.4) is 0 Å². The van der Waals surface area contributed by atoms with Gasteiger partial charge in [0.2, 0.25) is 0 Å². The Morgan fingerprint density at radius 2 is 1.74 bits per heavy atom. The Kier molecular flexibility index (Phi) is 6.99. The maximum Gasteiger partial charge on any atom is 0.168 e. The van der Waals surface area contributed by atoms with Crippen molar-refractivity contribution in [2.75, 3.05) is 31.8 Å². The number of unbranched alkanes of at least 4 members (excludes halogenated alkanes) is 3. The second-order valence-electron chi connectivity index (χ2n) is 5.74. The third-order valence-electron chi connectivity index (χ3n) is 4.27. The normalized spacial score (nSPS) is 23.2. The summed E-state index contributed by atoms with van der Waals surface area (Å²) in [5.74, 6) is 1.12. The van der Waals surface area contributed by atoms with Crippen LogP contribution in [0.5, 0.6) is 0 Å². The van der Waals surface area contributed by atoms with Crippen LogP contribution >= 0.6 is 11.8 Å². The van der Waals surface area contributed by atoms with Gasteiger partial charge >= 0.3 is 0 Å². The fraction of sp³-hybridized carbons (Fsp3) is 1.00. The highest BCUT2D eigenvalue weighted by molar-refractivity contribution is 7.98. The summed E-state index contributed by atoms with van der Waals surface area (Å²) in [6, 6.07) is 0.685. The van der Waals surface area contributed by atoms with Crippen LogP contribution in [-0.4, -0.2) is 43.6 Å². The first-order chi connectivity index (χ1) is 9.35. The van der Waals surface area contributed by atoms with Gasteiger partial charge in [0, 0.05) is 18.9 Å². The Bertz CT molecular complexity index is 234. The third-order valence-corrected chi connectivity index (χ3v) is 4.97. The largest absolute Gasteiger partial charge is 0.348 e. The Hall–Kier alpha value is 0.230. The van der Waals surface area contributed by atoms with E-state index in [2.05, 4.69) is 11.6 Å². The molecular weight excluding hydrogens is 258 g/mol. The van der Waals surface area contributed by atoms with E-state index in [0.717, 1.165) is 26.1 Å². The monoisotopic (exact) mass is 287 g/mol. The van der Waals surface area contributed by atoms with Gasteiger partial charge in [0.25, 0.3) is 0 Å². The van der Waals surface area contributed by atoms with Gasteiger partial charge in [0.1, 0.15) is 0 Å². The molecule has 1 aliphatic heterocycles. The van der Waals surface area contributed by atoms with Gasteiger partial charge in [0.05, 0.1) is 13.2 Å². The number of rotatable bonds is 8. The predicted octanol–water partition coefficient (Wildman–Crippen LogP) is 3.19. The van der Waals surface area contributed by atoms with Gasteiger partial charge in [-0.15, -0.1) is 0 Å². The molecule has 0 aromatic rings. The molecule has 1 aliphatic carbocycles. The van der Waals surface area contributed by atoms with Crippen LogP contribution in [0.1, 0.15) is 51.4 Å². The molecule has 1 spiro atoms. The third kappa shape index (κ3) is 5.25. The Labute approximate surface area is 122 Å². The quantitative estimate of drug-likeness (QED) is 0.695. The van der Waals surface area contributed by atoms with Crippen LogP contribution in [0.25, 0.3) is 0 Å². The second kappa shape index (κ2) is 8.50. The van der Waals surface area contributed by atoms with E-state index in [1.165, 1.54) is 50.8 Å². The number of thioether (sulfide) groups is 1. The van der Waals surface area contributed by atoms with Gasteiger partial charge in [-0.05, 0) is 44.2 Å². The van der Waals surface area contributed by atoms with Crippen molar-refractivity contribution in [3.8, 4) is 0 Å². The molecular formula is C15H29NO2S. The first-order valence-corrected chi connectivity index (χ1v) is 9.24. The predicted molar refractivity (Wildman–Crippen MR) is 81.7 cm³/mol. The zero-order chi connectivity index (χ0) is 13.4. The van der Waals surface area contributed by atoms with Crippen LogP contribution < -0.4 is 5.32 Å². The van der Waals surface area contributed by atoms with E-state index in [1.807, 2.05) is 11.8 Å². The summed E-state index contributed by atoms with van der Waals surface area (Å²) >= 11 is 1.96. The van der Waals surface area contributed by atoms with Crippen LogP contribution in [0.2, 0.25) is 0 Å². The molecule has 0 bridgehead atoms. The molecule has 2 fully saturated rings. The average Bonchev–Trinajstić information content (AvgIpc) is 2.89. The van der Waals surface area contributed by atoms with Crippen molar-refractivity contribution in [2.24, 2.45) is 0 Å². The van der Waals surface area contributed by atoms with Crippen LogP contribution in [0.15, 0.2) is 0 Å². The number of ether oxygens (including phenoxy) is 2. The average molecular weight is 287 g/mol. The maximum absolute atomic E-state index is 5.76. The molecule has 2 rings (SSSR count). The fourth-order valence-electron chi connectivity index (χ4n) is 3.08. The molecule has 112 valence electrons. The molecule has 0 radical (unpaired) electrons. The summed E-state index contributed by atoms with van der Waals surface area (Å²) in [6.07, 6.45) is 12.2. The molecule has 2 aliphatic rings. The van der Waals surface area contributed by atoms with E-state index in [1.54, 1.807) is 0 Å². The summed E-state index contributed by atoms with van der Waals surface area (Å²) in [6.45, 7) is 2.75. The lowest BCUT2D eigenvalue weighted by molar-refractivity contribution is -0.179. The molecule has 1 saturated carbocycles. The fourth-order valence-corrected chi connectivity index (χ4v) is 3.57. The van der Waals surface area contributed by atoms with Crippen molar-refractivity contribution in [2.45, 2.75) is 63.2 Å². The highest BCUT2D eigenvalue weighted by Gasteiger charge is 2.39. The molecule has 0 aromatic heterocycles. The van der Waals surface area contributed by atoms with Crippen molar-refractivity contribution < 1.29 is 9.47 Å². The molecule has 0 aromatic carbocycles. The number of hydrogen-bond acceptors (Lipinski definition) is 4. The van der Waals surface area contributed by atoms with Gasteiger partial charge < -0.3 is 14.8 Å². The van der Waals surface area contributed by atoms with Gasteiger partial charge in [-0.2, -0.15) is 11.8 Å². The summed E-state index contributed by atoms with van der Waals surface area (Å²) in [7, 11) is 0. The summed E-state index contributed by atoms with van der Waals surface area (Å²) in [4.78, 5) is 0. The zero-order valence-electron chi connectivity index (χ0n) is 12.3. The van der Waals surface area contributed by atoms with E-state index in [-0.39, 0.29) is 5.79 Å². The van der Waals surface area contributed by atoms with E-state index in [9.17, 15) is 0 Å². The smallest absolute Gasteiger partial charge is 0.168 e.